The van der Waals surface area contributed by atoms with Gasteiger partial charge in [-0.05, 0) is 112 Å². The van der Waals surface area contributed by atoms with Crippen molar-refractivity contribution in [2.75, 3.05) is 6.61 Å². The summed E-state index contributed by atoms with van der Waals surface area (Å²) >= 11 is 0. The third-order valence-corrected chi connectivity index (χ3v) is 10.2. The van der Waals surface area contributed by atoms with Crippen LogP contribution in [0.2, 0.25) is 0 Å². The highest BCUT2D eigenvalue weighted by atomic mass is 16.7. The van der Waals surface area contributed by atoms with Crippen LogP contribution in [0.1, 0.15) is 90.9 Å². The van der Waals surface area contributed by atoms with E-state index in [-0.39, 0.29) is 6.29 Å². The van der Waals surface area contributed by atoms with Crippen LogP contribution in [0.4, 0.5) is 0 Å². The number of nitriles is 1. The van der Waals surface area contributed by atoms with Gasteiger partial charge >= 0.3 is 0 Å². The van der Waals surface area contributed by atoms with Gasteiger partial charge < -0.3 is 9.47 Å². The molecule has 160 valence electrons. The van der Waals surface area contributed by atoms with Crippen LogP contribution in [0.3, 0.4) is 0 Å². The maximum Gasteiger partial charge on any atom is 0.157 e. The van der Waals surface area contributed by atoms with Crippen molar-refractivity contribution >= 4 is 0 Å². The Labute approximate surface area is 177 Å². The second-order valence-electron chi connectivity index (χ2n) is 11.3. The molecule has 0 radical (unpaired) electrons. The normalized spacial score (nSPS) is 51.0. The maximum absolute atomic E-state index is 9.25. The predicted octanol–water partition coefficient (Wildman–Crippen LogP) is 6.39. The summed E-state index contributed by atoms with van der Waals surface area (Å²) in [5.41, 5.74) is 2.26. The molecule has 4 aliphatic carbocycles. The van der Waals surface area contributed by atoms with E-state index in [1.807, 2.05) is 6.08 Å². The van der Waals surface area contributed by atoms with E-state index in [9.17, 15) is 5.26 Å². The number of ether oxygens (including phenoxy) is 2. The van der Waals surface area contributed by atoms with Crippen LogP contribution < -0.4 is 0 Å². The molecule has 0 aromatic heterocycles. The lowest BCUT2D eigenvalue weighted by Crippen LogP contribution is -2.53. The molecule has 5 rings (SSSR count). The van der Waals surface area contributed by atoms with Crippen molar-refractivity contribution in [1.29, 1.82) is 5.26 Å². The molecule has 0 spiro atoms. The molecule has 1 saturated heterocycles. The molecule has 1 heterocycles. The van der Waals surface area contributed by atoms with Crippen molar-refractivity contribution in [2.24, 2.45) is 34.5 Å². The second kappa shape index (κ2) is 7.69. The lowest BCUT2D eigenvalue weighted by molar-refractivity contribution is -0.211. The quantitative estimate of drug-likeness (QED) is 0.400. The Hall–Kier alpha value is -0.850. The first-order valence-electron chi connectivity index (χ1n) is 12.4. The van der Waals surface area contributed by atoms with Gasteiger partial charge in [0.15, 0.2) is 6.29 Å². The second-order valence-corrected chi connectivity index (χ2v) is 11.3. The molecule has 4 saturated carbocycles. The molecule has 0 bridgehead atoms. The van der Waals surface area contributed by atoms with Crippen LogP contribution in [0, 0.1) is 45.8 Å². The van der Waals surface area contributed by atoms with Crippen LogP contribution in [0.15, 0.2) is 11.6 Å². The first kappa shape index (κ1) is 20.1. The number of nitrogens with zero attached hydrogens (tertiary/aromatic N) is 1. The van der Waals surface area contributed by atoms with Gasteiger partial charge in [0.1, 0.15) is 0 Å². The van der Waals surface area contributed by atoms with Crippen molar-refractivity contribution < 1.29 is 9.47 Å². The minimum atomic E-state index is 0.0636. The third-order valence-electron chi connectivity index (χ3n) is 10.2. The van der Waals surface area contributed by atoms with E-state index in [0.717, 1.165) is 43.1 Å². The lowest BCUT2D eigenvalue weighted by Gasteiger charge is -2.60. The fourth-order valence-corrected chi connectivity index (χ4v) is 8.54. The molecular weight excluding hydrogens is 358 g/mol. The fraction of sp³-hybridized carbons (Fsp3) is 0.885. The SMILES string of the molecule is C[C@]12CC[C@@H](O[C@@H]3CCCCO3)C[C@@H]1CC[C@@H]1[C@@H]2CC[C@]2(C)/C(=C\C#N)CC[C@@H]12. The number of allylic oxidation sites excluding steroid dienone is 2. The molecule has 0 unspecified atom stereocenters. The predicted molar refractivity (Wildman–Crippen MR) is 114 cm³/mol. The standard InChI is InChI=1S/C26H39NO2/c1-25-14-11-23-21(22(25)9-7-18(25)12-15-27)8-6-19-17-20(10-13-26(19,23)2)29-24-5-3-4-16-28-24/h12,19-24H,3-11,13-14,16-17H2,1-2H3/b18-12-/t19-,20+,21-,22-,23-,24+,25+,26-/m0/s1. The summed E-state index contributed by atoms with van der Waals surface area (Å²) in [7, 11) is 0. The molecule has 3 heteroatoms. The Kier molecular flexibility index (Phi) is 5.32. The van der Waals surface area contributed by atoms with Crippen LogP contribution in [0.5, 0.6) is 0 Å². The Morgan fingerprint density at radius 2 is 1.93 bits per heavy atom. The summed E-state index contributed by atoms with van der Waals surface area (Å²) in [5.74, 6) is 3.39. The lowest BCUT2D eigenvalue weighted by atomic mass is 9.45. The monoisotopic (exact) mass is 397 g/mol. The Balaban J connectivity index is 1.29. The van der Waals surface area contributed by atoms with Gasteiger partial charge in [-0.1, -0.05) is 19.4 Å². The summed E-state index contributed by atoms with van der Waals surface area (Å²) in [6, 6.07) is 2.34. The number of hydrogen-bond donors (Lipinski definition) is 0. The van der Waals surface area contributed by atoms with Crippen molar-refractivity contribution in [3.63, 3.8) is 0 Å². The molecular formula is C26H39NO2. The molecule has 5 aliphatic rings. The highest BCUT2D eigenvalue weighted by molar-refractivity contribution is 5.28. The van der Waals surface area contributed by atoms with E-state index in [1.54, 1.807) is 0 Å². The zero-order valence-electron chi connectivity index (χ0n) is 18.5. The maximum atomic E-state index is 9.25. The van der Waals surface area contributed by atoms with Crippen molar-refractivity contribution in [1.82, 2.24) is 0 Å². The largest absolute Gasteiger partial charge is 0.353 e. The number of rotatable bonds is 2. The van der Waals surface area contributed by atoms with E-state index < -0.39 is 0 Å². The zero-order valence-corrected chi connectivity index (χ0v) is 18.5. The number of fused-ring (bicyclic) bond motifs is 5. The van der Waals surface area contributed by atoms with Crippen LogP contribution in [0.25, 0.3) is 0 Å². The van der Waals surface area contributed by atoms with Crippen molar-refractivity contribution in [3.05, 3.63) is 11.6 Å². The third kappa shape index (κ3) is 3.30. The van der Waals surface area contributed by atoms with Gasteiger partial charge in [-0.25, -0.2) is 0 Å². The topological polar surface area (TPSA) is 42.2 Å². The average molecular weight is 398 g/mol. The van der Waals surface area contributed by atoms with Crippen molar-refractivity contribution in [3.8, 4) is 6.07 Å². The van der Waals surface area contributed by atoms with E-state index >= 15 is 0 Å². The van der Waals surface area contributed by atoms with E-state index in [1.165, 1.54) is 69.8 Å². The van der Waals surface area contributed by atoms with Gasteiger partial charge in [0, 0.05) is 12.7 Å². The van der Waals surface area contributed by atoms with Crippen LogP contribution >= 0.6 is 0 Å². The van der Waals surface area contributed by atoms with Gasteiger partial charge in [0.25, 0.3) is 0 Å². The molecule has 0 aromatic carbocycles. The first-order chi connectivity index (χ1) is 14.0. The van der Waals surface area contributed by atoms with Gasteiger partial charge in [-0.2, -0.15) is 5.26 Å². The molecule has 8 atom stereocenters. The van der Waals surface area contributed by atoms with E-state index in [2.05, 4.69) is 19.9 Å². The molecule has 5 fully saturated rings. The van der Waals surface area contributed by atoms with E-state index in [4.69, 9.17) is 9.47 Å². The average Bonchev–Trinajstić information content (AvgIpc) is 3.06. The van der Waals surface area contributed by atoms with Crippen LogP contribution in [-0.4, -0.2) is 19.0 Å². The number of hydrogen-bond acceptors (Lipinski definition) is 3. The fourth-order valence-electron chi connectivity index (χ4n) is 8.54. The Morgan fingerprint density at radius 1 is 1.03 bits per heavy atom. The Bertz CT molecular complexity index is 689. The molecule has 29 heavy (non-hydrogen) atoms. The minimum absolute atomic E-state index is 0.0636. The molecule has 3 nitrogen and oxygen atoms in total. The summed E-state index contributed by atoms with van der Waals surface area (Å²) in [5, 5.41) is 9.25. The van der Waals surface area contributed by atoms with Gasteiger partial charge in [-0.15, -0.1) is 0 Å². The zero-order chi connectivity index (χ0) is 20.1. The summed E-state index contributed by atoms with van der Waals surface area (Å²) in [6.45, 7) is 5.99. The molecule has 0 N–H and O–H groups in total. The van der Waals surface area contributed by atoms with Crippen molar-refractivity contribution in [2.45, 2.75) is 103 Å². The van der Waals surface area contributed by atoms with E-state index in [0.29, 0.717) is 16.9 Å². The summed E-state index contributed by atoms with van der Waals surface area (Å²) in [4.78, 5) is 0. The highest BCUT2D eigenvalue weighted by Gasteiger charge is 2.59. The molecule has 0 aromatic rings. The highest BCUT2D eigenvalue weighted by Crippen LogP contribution is 2.67. The molecule has 0 amide bonds. The smallest absolute Gasteiger partial charge is 0.157 e. The molecule has 1 aliphatic heterocycles. The summed E-state index contributed by atoms with van der Waals surface area (Å²) < 4.78 is 12.3. The Morgan fingerprint density at radius 3 is 2.72 bits per heavy atom. The minimum Gasteiger partial charge on any atom is -0.353 e. The summed E-state index contributed by atoms with van der Waals surface area (Å²) in [6.07, 6.45) is 17.6. The van der Waals surface area contributed by atoms with Gasteiger partial charge in [-0.3, -0.25) is 0 Å². The van der Waals surface area contributed by atoms with Gasteiger partial charge in [0.2, 0.25) is 0 Å². The van der Waals surface area contributed by atoms with Gasteiger partial charge in [0.05, 0.1) is 12.2 Å². The van der Waals surface area contributed by atoms with Crippen LogP contribution in [-0.2, 0) is 9.47 Å². The first-order valence-corrected chi connectivity index (χ1v) is 12.4.